The lowest BCUT2D eigenvalue weighted by molar-refractivity contribution is -0.384. The predicted molar refractivity (Wildman–Crippen MR) is 97.4 cm³/mol. The molecule has 0 spiro atoms. The predicted octanol–water partition coefficient (Wildman–Crippen LogP) is 3.94. The van der Waals surface area contributed by atoms with Crippen LogP contribution in [-0.2, 0) is 11.8 Å². The van der Waals surface area contributed by atoms with E-state index in [1.807, 2.05) is 11.6 Å². The maximum Gasteiger partial charge on any atom is 0.340 e. The molecule has 0 aliphatic carbocycles. The molecule has 26 heavy (non-hydrogen) atoms. The summed E-state index contributed by atoms with van der Waals surface area (Å²) in [6.45, 7) is 3.79. The maximum absolute atomic E-state index is 12.3. The molecular weight excluding hydrogens is 336 g/mol. The largest absolute Gasteiger partial charge is 0.507 e. The Hall–Kier alpha value is -3.35. The van der Waals surface area contributed by atoms with Gasteiger partial charge < -0.3 is 14.4 Å². The number of aromatic hydroxyl groups is 1. The first-order chi connectivity index (χ1) is 12.3. The van der Waals surface area contributed by atoms with Crippen LogP contribution in [0.1, 0.15) is 23.0 Å². The quantitative estimate of drug-likeness (QED) is 0.435. The second-order valence-corrected chi connectivity index (χ2v) is 5.93. The third-order valence-electron chi connectivity index (χ3n) is 4.46. The number of benzene rings is 2. The van der Waals surface area contributed by atoms with E-state index in [0.717, 1.165) is 5.52 Å². The lowest BCUT2D eigenvalue weighted by Gasteiger charge is -2.07. The average molecular weight is 354 g/mol. The highest BCUT2D eigenvalue weighted by Crippen LogP contribution is 2.37. The third kappa shape index (κ3) is 2.77. The normalized spacial score (nSPS) is 10.9. The zero-order valence-corrected chi connectivity index (χ0v) is 14.6. The number of phenols is 1. The fourth-order valence-electron chi connectivity index (χ4n) is 3.08. The number of fused-ring (bicyclic) bond motifs is 1. The van der Waals surface area contributed by atoms with Gasteiger partial charge in [-0.2, -0.15) is 0 Å². The van der Waals surface area contributed by atoms with Crippen LogP contribution in [0.15, 0.2) is 36.4 Å². The number of ether oxygens (including phenoxy) is 1. The molecule has 0 radical (unpaired) electrons. The highest BCUT2D eigenvalue weighted by Gasteiger charge is 2.22. The van der Waals surface area contributed by atoms with Crippen molar-refractivity contribution in [2.75, 3.05) is 6.61 Å². The molecule has 0 saturated heterocycles. The second kappa shape index (κ2) is 6.51. The van der Waals surface area contributed by atoms with Crippen LogP contribution in [0, 0.1) is 17.0 Å². The standard InChI is InChI=1S/C19H18N2O5/c1-4-26-19(23)18-11(2)20(3)16-9-14(17(22)10-15(16)18)12-6-5-7-13(8-12)21(24)25/h5-10,22H,4H2,1-3H3. The fourth-order valence-corrected chi connectivity index (χ4v) is 3.08. The molecule has 1 heterocycles. The zero-order chi connectivity index (χ0) is 19.0. The molecule has 0 aliphatic heterocycles. The lowest BCUT2D eigenvalue weighted by atomic mass is 10.0. The van der Waals surface area contributed by atoms with Crippen LogP contribution in [0.25, 0.3) is 22.0 Å². The van der Waals surface area contributed by atoms with E-state index in [4.69, 9.17) is 4.74 Å². The summed E-state index contributed by atoms with van der Waals surface area (Å²) in [5.41, 5.74) is 2.77. The zero-order valence-electron chi connectivity index (χ0n) is 14.6. The van der Waals surface area contributed by atoms with Gasteiger partial charge >= 0.3 is 5.97 Å². The van der Waals surface area contributed by atoms with Gasteiger partial charge in [0.25, 0.3) is 5.69 Å². The molecule has 0 saturated carbocycles. The van der Waals surface area contributed by atoms with Crippen LogP contribution in [0.4, 0.5) is 5.69 Å². The Balaban J connectivity index is 2.24. The highest BCUT2D eigenvalue weighted by molar-refractivity contribution is 6.07. The lowest BCUT2D eigenvalue weighted by Crippen LogP contribution is -2.06. The molecule has 3 rings (SSSR count). The minimum atomic E-state index is -0.482. The second-order valence-electron chi connectivity index (χ2n) is 5.93. The van der Waals surface area contributed by atoms with Crippen molar-refractivity contribution in [3.8, 4) is 16.9 Å². The Bertz CT molecular complexity index is 1040. The van der Waals surface area contributed by atoms with Gasteiger partial charge in [0.2, 0.25) is 0 Å². The Morgan fingerprint density at radius 3 is 2.69 bits per heavy atom. The van der Waals surface area contributed by atoms with Gasteiger partial charge in [-0.05, 0) is 31.5 Å². The van der Waals surface area contributed by atoms with Gasteiger partial charge in [0.15, 0.2) is 0 Å². The molecule has 0 aliphatic rings. The fraction of sp³-hybridized carbons (Fsp3) is 0.211. The Labute approximate surface area is 149 Å². The first kappa shape index (κ1) is 17.5. The topological polar surface area (TPSA) is 94.6 Å². The molecule has 7 heteroatoms. The summed E-state index contributed by atoms with van der Waals surface area (Å²) in [5.74, 6) is -0.507. The Kier molecular flexibility index (Phi) is 4.38. The number of non-ortho nitro benzene ring substituents is 1. The maximum atomic E-state index is 12.3. The van der Waals surface area contributed by atoms with Crippen LogP contribution >= 0.6 is 0 Å². The van der Waals surface area contributed by atoms with E-state index in [-0.39, 0.29) is 18.0 Å². The van der Waals surface area contributed by atoms with E-state index < -0.39 is 10.9 Å². The van der Waals surface area contributed by atoms with E-state index in [2.05, 4.69) is 0 Å². The Morgan fingerprint density at radius 2 is 2.04 bits per heavy atom. The number of nitro benzene ring substituents is 1. The van der Waals surface area contributed by atoms with Gasteiger partial charge in [0.1, 0.15) is 5.75 Å². The first-order valence-electron chi connectivity index (χ1n) is 8.09. The van der Waals surface area contributed by atoms with Crippen LogP contribution in [0.3, 0.4) is 0 Å². The van der Waals surface area contributed by atoms with Crippen molar-refractivity contribution in [1.29, 1.82) is 0 Å². The minimum absolute atomic E-state index is 0.0581. The van der Waals surface area contributed by atoms with Crippen LogP contribution in [0.2, 0.25) is 0 Å². The van der Waals surface area contributed by atoms with Crippen LogP contribution in [-0.4, -0.2) is 27.2 Å². The monoisotopic (exact) mass is 354 g/mol. The van der Waals surface area contributed by atoms with Gasteiger partial charge in [-0.1, -0.05) is 12.1 Å². The highest BCUT2D eigenvalue weighted by atomic mass is 16.6. The molecule has 0 bridgehead atoms. The van der Waals surface area contributed by atoms with Gasteiger partial charge in [-0.25, -0.2) is 4.79 Å². The molecule has 1 aromatic heterocycles. The first-order valence-corrected chi connectivity index (χ1v) is 8.09. The number of nitro groups is 1. The molecule has 2 aromatic carbocycles. The number of carbonyl (C=O) groups excluding carboxylic acids is 1. The van der Waals surface area contributed by atoms with Crippen molar-refractivity contribution >= 4 is 22.6 Å². The number of phenolic OH excluding ortho intramolecular Hbond substituents is 1. The number of carbonyl (C=O) groups is 1. The van der Waals surface area contributed by atoms with Gasteiger partial charge in [0, 0.05) is 41.3 Å². The van der Waals surface area contributed by atoms with E-state index in [0.29, 0.717) is 27.8 Å². The van der Waals surface area contributed by atoms with Gasteiger partial charge in [-0.3, -0.25) is 10.1 Å². The van der Waals surface area contributed by atoms with Crippen molar-refractivity contribution in [1.82, 2.24) is 4.57 Å². The van der Waals surface area contributed by atoms with E-state index >= 15 is 0 Å². The summed E-state index contributed by atoms with van der Waals surface area (Å²) < 4.78 is 6.95. The SMILES string of the molecule is CCOC(=O)c1c(C)n(C)c2cc(-c3cccc([N+](=O)[O-])c3)c(O)cc12. The van der Waals surface area contributed by atoms with Gasteiger partial charge in [0.05, 0.1) is 17.1 Å². The molecule has 0 fully saturated rings. The molecular formula is C19H18N2O5. The minimum Gasteiger partial charge on any atom is -0.507 e. The molecule has 134 valence electrons. The molecule has 1 N–H and O–H groups in total. The van der Waals surface area contributed by atoms with E-state index in [1.165, 1.54) is 18.2 Å². The summed E-state index contributed by atoms with van der Waals surface area (Å²) in [7, 11) is 1.81. The molecule has 0 unspecified atom stereocenters. The molecule has 0 atom stereocenters. The van der Waals surface area contributed by atoms with E-state index in [9.17, 15) is 20.0 Å². The van der Waals surface area contributed by atoms with Crippen molar-refractivity contribution in [3.63, 3.8) is 0 Å². The number of esters is 1. The van der Waals surface area contributed by atoms with E-state index in [1.54, 1.807) is 32.0 Å². The Morgan fingerprint density at radius 1 is 1.31 bits per heavy atom. The number of aromatic nitrogens is 1. The van der Waals surface area contributed by atoms with Crippen molar-refractivity contribution < 1.29 is 19.6 Å². The third-order valence-corrected chi connectivity index (χ3v) is 4.46. The summed E-state index contributed by atoms with van der Waals surface area (Å²) in [5, 5.41) is 22.1. The van der Waals surface area contributed by atoms with Crippen molar-refractivity contribution in [2.45, 2.75) is 13.8 Å². The van der Waals surface area contributed by atoms with Crippen molar-refractivity contribution in [2.24, 2.45) is 7.05 Å². The molecule has 7 nitrogen and oxygen atoms in total. The smallest absolute Gasteiger partial charge is 0.340 e. The number of nitrogens with zero attached hydrogens (tertiary/aromatic N) is 2. The molecule has 0 amide bonds. The van der Waals surface area contributed by atoms with Gasteiger partial charge in [-0.15, -0.1) is 0 Å². The van der Waals surface area contributed by atoms with Crippen molar-refractivity contribution in [3.05, 3.63) is 57.8 Å². The summed E-state index contributed by atoms with van der Waals surface area (Å²) >= 11 is 0. The summed E-state index contributed by atoms with van der Waals surface area (Å²) in [6, 6.07) is 9.28. The summed E-state index contributed by atoms with van der Waals surface area (Å²) in [6.07, 6.45) is 0. The summed E-state index contributed by atoms with van der Waals surface area (Å²) in [4.78, 5) is 22.8. The van der Waals surface area contributed by atoms with Crippen LogP contribution < -0.4 is 0 Å². The molecule has 3 aromatic rings. The number of hydrogen-bond donors (Lipinski definition) is 1. The average Bonchev–Trinajstić information content (AvgIpc) is 2.85. The number of aryl methyl sites for hydroxylation is 1. The van der Waals surface area contributed by atoms with Crippen LogP contribution in [0.5, 0.6) is 5.75 Å². The number of rotatable bonds is 4. The number of hydrogen-bond acceptors (Lipinski definition) is 5.